The zero-order valence-electron chi connectivity index (χ0n) is 14.7. The van der Waals surface area contributed by atoms with Gasteiger partial charge in [-0.15, -0.1) is 0 Å². The van der Waals surface area contributed by atoms with Crippen LogP contribution in [0.15, 0.2) is 30.5 Å². The number of nitrogens with one attached hydrogen (secondary N) is 2. The largest absolute Gasteiger partial charge is 0.332 e. The number of halogens is 6. The topological polar surface area (TPSA) is 41.9 Å². The lowest BCUT2D eigenvalue weighted by atomic mass is 10.1. The van der Waals surface area contributed by atoms with Crippen molar-refractivity contribution < 1.29 is 22.0 Å². The molecule has 0 atom stereocenters. The average molecular weight is 447 g/mol. The van der Waals surface area contributed by atoms with Gasteiger partial charge < -0.3 is 10.6 Å². The van der Waals surface area contributed by atoms with Gasteiger partial charge in [0.25, 0.3) is 0 Å². The van der Waals surface area contributed by atoms with Crippen LogP contribution in [0, 0.1) is 36.0 Å². The molecule has 0 fully saturated rings. The second-order valence-corrected chi connectivity index (χ2v) is 6.81. The van der Waals surface area contributed by atoms with Gasteiger partial charge in [-0.3, -0.25) is 4.68 Å². The Balaban J connectivity index is 1.71. The summed E-state index contributed by atoms with van der Waals surface area (Å²) in [5.74, 6) is -9.83. The Morgan fingerprint density at radius 1 is 1.00 bits per heavy atom. The maximum atomic E-state index is 13.8. The normalized spacial score (nSPS) is 10.9. The highest BCUT2D eigenvalue weighted by Gasteiger charge is 2.25. The summed E-state index contributed by atoms with van der Waals surface area (Å²) in [5.41, 5.74) is 0.521. The van der Waals surface area contributed by atoms with E-state index in [4.69, 9.17) is 23.8 Å². The predicted octanol–water partition coefficient (Wildman–Crippen LogP) is 5.40. The summed E-state index contributed by atoms with van der Waals surface area (Å²) in [6.45, 7) is 1.18. The molecule has 1 aromatic heterocycles. The van der Waals surface area contributed by atoms with Crippen LogP contribution in [0.2, 0.25) is 5.02 Å². The molecule has 0 spiro atoms. The van der Waals surface area contributed by atoms with Crippen molar-refractivity contribution in [2.75, 3.05) is 10.6 Å². The van der Waals surface area contributed by atoms with Crippen molar-refractivity contribution in [3.05, 3.63) is 75.7 Å². The van der Waals surface area contributed by atoms with E-state index in [0.717, 1.165) is 10.2 Å². The van der Waals surface area contributed by atoms with Crippen LogP contribution < -0.4 is 10.6 Å². The van der Waals surface area contributed by atoms with E-state index < -0.39 is 41.2 Å². The number of thiocarbonyl (C=S) groups is 1. The molecule has 29 heavy (non-hydrogen) atoms. The summed E-state index contributed by atoms with van der Waals surface area (Å²) in [6.07, 6.45) is 1.30. The summed E-state index contributed by atoms with van der Waals surface area (Å²) in [4.78, 5) is 0. The number of hydrogen-bond donors (Lipinski definition) is 2. The molecule has 152 valence electrons. The van der Waals surface area contributed by atoms with Gasteiger partial charge in [0.05, 0.1) is 12.1 Å². The summed E-state index contributed by atoms with van der Waals surface area (Å²) in [7, 11) is 0. The fourth-order valence-corrected chi connectivity index (χ4v) is 2.82. The molecule has 3 rings (SSSR count). The van der Waals surface area contributed by atoms with Crippen LogP contribution in [-0.2, 0) is 6.54 Å². The van der Waals surface area contributed by atoms with Gasteiger partial charge in [0.1, 0.15) is 0 Å². The van der Waals surface area contributed by atoms with Gasteiger partial charge in [-0.05, 0) is 36.8 Å². The molecule has 0 amide bonds. The van der Waals surface area contributed by atoms with Gasteiger partial charge >= 0.3 is 0 Å². The predicted molar refractivity (Wildman–Crippen MR) is 104 cm³/mol. The van der Waals surface area contributed by atoms with Gasteiger partial charge in [0.2, 0.25) is 5.82 Å². The SMILES string of the molecule is Cc1ccc(NC(=S)Nc2ccn(Cc3c(F)c(F)c(F)c(F)c3F)n2)cc1Cl. The smallest absolute Gasteiger partial charge is 0.200 e. The minimum absolute atomic E-state index is 0.159. The molecular formula is C18H12ClF5N4S. The Kier molecular flexibility index (Phi) is 6.04. The third-order valence-electron chi connectivity index (χ3n) is 3.93. The van der Waals surface area contributed by atoms with Crippen LogP contribution in [-0.4, -0.2) is 14.9 Å². The third-order valence-corrected chi connectivity index (χ3v) is 4.54. The lowest BCUT2D eigenvalue weighted by Crippen LogP contribution is -2.19. The molecule has 0 saturated heterocycles. The highest BCUT2D eigenvalue weighted by atomic mass is 35.5. The van der Waals surface area contributed by atoms with E-state index in [1.807, 2.05) is 6.92 Å². The van der Waals surface area contributed by atoms with Crippen molar-refractivity contribution in [1.29, 1.82) is 0 Å². The standard InChI is InChI=1S/C18H12ClF5N4S/c1-8-2-3-9(6-11(8)19)25-18(29)26-12-4-5-28(27-12)7-10-13(20)15(22)17(24)16(23)14(10)21/h2-6H,7H2,1H3,(H2,25,26,27,29). The summed E-state index contributed by atoms with van der Waals surface area (Å²) >= 11 is 11.2. The van der Waals surface area contributed by atoms with Gasteiger partial charge in [-0.1, -0.05) is 17.7 Å². The summed E-state index contributed by atoms with van der Waals surface area (Å²) < 4.78 is 68.3. The molecule has 0 bridgehead atoms. The van der Waals surface area contributed by atoms with E-state index in [-0.39, 0.29) is 10.9 Å². The van der Waals surface area contributed by atoms with Crippen molar-refractivity contribution in [3.63, 3.8) is 0 Å². The summed E-state index contributed by atoms with van der Waals surface area (Å²) in [6, 6.07) is 6.65. The molecular weight excluding hydrogens is 435 g/mol. The lowest BCUT2D eigenvalue weighted by Gasteiger charge is -2.10. The number of anilines is 2. The molecule has 2 aromatic carbocycles. The number of aromatic nitrogens is 2. The Morgan fingerprint density at radius 2 is 1.62 bits per heavy atom. The van der Waals surface area contributed by atoms with Gasteiger partial charge in [-0.25, -0.2) is 22.0 Å². The number of rotatable bonds is 4. The van der Waals surface area contributed by atoms with Crippen LogP contribution in [0.25, 0.3) is 0 Å². The first kappa shape index (κ1) is 21.0. The zero-order chi connectivity index (χ0) is 21.3. The van der Waals surface area contributed by atoms with Crippen LogP contribution in [0.3, 0.4) is 0 Å². The van der Waals surface area contributed by atoms with Crippen molar-refractivity contribution in [2.45, 2.75) is 13.5 Å². The third kappa shape index (κ3) is 4.48. The highest BCUT2D eigenvalue weighted by Crippen LogP contribution is 2.24. The molecule has 0 radical (unpaired) electrons. The minimum atomic E-state index is -2.21. The van der Waals surface area contributed by atoms with Crippen molar-refractivity contribution in [3.8, 4) is 0 Å². The van der Waals surface area contributed by atoms with Gasteiger partial charge in [-0.2, -0.15) is 5.10 Å². The van der Waals surface area contributed by atoms with Crippen molar-refractivity contribution in [1.82, 2.24) is 9.78 Å². The quantitative estimate of drug-likeness (QED) is 0.244. The molecule has 2 N–H and O–H groups in total. The molecule has 0 aliphatic heterocycles. The van der Waals surface area contributed by atoms with Crippen molar-refractivity contribution >= 4 is 40.4 Å². The first-order chi connectivity index (χ1) is 13.7. The summed E-state index contributed by atoms with van der Waals surface area (Å²) in [5, 5.41) is 10.3. The average Bonchev–Trinajstić information content (AvgIpc) is 3.11. The number of nitrogens with zero attached hydrogens (tertiary/aromatic N) is 2. The molecule has 1 heterocycles. The first-order valence-electron chi connectivity index (χ1n) is 8.05. The number of hydrogen-bond acceptors (Lipinski definition) is 2. The van der Waals surface area contributed by atoms with Crippen LogP contribution in [0.4, 0.5) is 33.5 Å². The number of benzene rings is 2. The molecule has 0 saturated carbocycles. The first-order valence-corrected chi connectivity index (χ1v) is 8.84. The second kappa shape index (κ2) is 8.34. The van der Waals surface area contributed by atoms with Crippen LogP contribution in [0.5, 0.6) is 0 Å². The van der Waals surface area contributed by atoms with E-state index in [9.17, 15) is 22.0 Å². The highest BCUT2D eigenvalue weighted by molar-refractivity contribution is 7.80. The minimum Gasteiger partial charge on any atom is -0.332 e. The van der Waals surface area contributed by atoms with Crippen molar-refractivity contribution in [2.24, 2.45) is 0 Å². The Morgan fingerprint density at radius 3 is 2.24 bits per heavy atom. The lowest BCUT2D eigenvalue weighted by molar-refractivity contribution is 0.367. The van der Waals surface area contributed by atoms with Crippen LogP contribution in [0.1, 0.15) is 11.1 Å². The van der Waals surface area contributed by atoms with Crippen LogP contribution >= 0.6 is 23.8 Å². The Hall–Kier alpha value is -2.72. The van der Waals surface area contributed by atoms with E-state index in [0.29, 0.717) is 10.7 Å². The molecule has 3 aromatic rings. The maximum Gasteiger partial charge on any atom is 0.200 e. The van der Waals surface area contributed by atoms with E-state index >= 15 is 0 Å². The monoisotopic (exact) mass is 446 g/mol. The number of aryl methyl sites for hydroxylation is 1. The second-order valence-electron chi connectivity index (χ2n) is 5.99. The van der Waals surface area contributed by atoms with E-state index in [2.05, 4.69) is 15.7 Å². The fourth-order valence-electron chi connectivity index (χ4n) is 2.42. The molecule has 4 nitrogen and oxygen atoms in total. The molecule has 0 aliphatic rings. The molecule has 0 unspecified atom stereocenters. The fraction of sp³-hybridized carbons (Fsp3) is 0.111. The maximum absolute atomic E-state index is 13.8. The Bertz CT molecular complexity index is 1070. The van der Waals surface area contributed by atoms with E-state index in [1.54, 1.807) is 18.2 Å². The van der Waals surface area contributed by atoms with Gasteiger partial charge in [0.15, 0.2) is 34.2 Å². The van der Waals surface area contributed by atoms with E-state index in [1.165, 1.54) is 12.3 Å². The Labute approximate surface area is 172 Å². The molecule has 11 heteroatoms. The zero-order valence-corrected chi connectivity index (χ0v) is 16.2. The molecule has 0 aliphatic carbocycles. The van der Waals surface area contributed by atoms with Gasteiger partial charge in [0, 0.05) is 23.0 Å².